The van der Waals surface area contributed by atoms with E-state index in [4.69, 9.17) is 15.0 Å². The molecule has 0 saturated heterocycles. The van der Waals surface area contributed by atoms with Crippen molar-refractivity contribution in [2.75, 3.05) is 17.9 Å². The Balaban J connectivity index is 1.66. The molecule has 2 aromatic heterocycles. The Labute approximate surface area is 155 Å². The Morgan fingerprint density at radius 2 is 2.30 bits per heavy atom. The predicted molar refractivity (Wildman–Crippen MR) is 101 cm³/mol. The topological polar surface area (TPSA) is 121 Å². The number of rotatable bonds is 8. The van der Waals surface area contributed by atoms with Crippen LogP contribution in [0.4, 0.5) is 5.95 Å². The first-order valence-electron chi connectivity index (χ1n) is 8.49. The van der Waals surface area contributed by atoms with Gasteiger partial charge in [-0.15, -0.1) is 10.2 Å². The van der Waals surface area contributed by atoms with Crippen LogP contribution in [0, 0.1) is 0 Å². The average molecular weight is 368 g/mol. The predicted octanol–water partition coefficient (Wildman–Crippen LogP) is 2.65. The maximum Gasteiger partial charge on any atom is 0.338 e. The summed E-state index contributed by atoms with van der Waals surface area (Å²) in [7, 11) is 0. The summed E-state index contributed by atoms with van der Waals surface area (Å²) >= 11 is 0. The molecule has 0 atom stereocenters. The number of carbonyl (C=O) groups excluding carboxylic acids is 1. The second kappa shape index (κ2) is 8.65. The third-order valence-corrected chi connectivity index (χ3v) is 3.67. The zero-order chi connectivity index (χ0) is 19.1. The number of hydrogen-bond donors (Lipinski definition) is 2. The van der Waals surface area contributed by atoms with E-state index in [-0.39, 0.29) is 5.97 Å². The van der Waals surface area contributed by atoms with Crippen LogP contribution in [0.3, 0.4) is 0 Å². The molecule has 0 aliphatic carbocycles. The second-order valence-corrected chi connectivity index (χ2v) is 5.70. The number of hydrogen-bond acceptors (Lipinski definition) is 8. The fourth-order valence-corrected chi connectivity index (χ4v) is 2.25. The van der Waals surface area contributed by atoms with E-state index < -0.39 is 0 Å². The molecule has 0 radical (unpaired) electrons. The number of nitrogens with one attached hydrogen (secondary N) is 1. The van der Waals surface area contributed by atoms with E-state index in [2.05, 4.69) is 20.7 Å². The zero-order valence-corrected chi connectivity index (χ0v) is 14.8. The molecule has 140 valence electrons. The Morgan fingerprint density at radius 1 is 1.41 bits per heavy atom. The van der Waals surface area contributed by atoms with Gasteiger partial charge in [0.2, 0.25) is 0 Å². The van der Waals surface area contributed by atoms with Gasteiger partial charge in [0, 0.05) is 5.56 Å². The molecule has 3 N–H and O–H groups in total. The van der Waals surface area contributed by atoms with Crippen LogP contribution in [0.2, 0.25) is 0 Å². The van der Waals surface area contributed by atoms with Gasteiger partial charge in [0.1, 0.15) is 17.8 Å². The molecule has 27 heavy (non-hydrogen) atoms. The first kappa shape index (κ1) is 18.2. The number of hydrazone groups is 1. The molecular formula is C18H20N6O3. The minimum absolute atomic E-state index is 0.298. The van der Waals surface area contributed by atoms with Gasteiger partial charge in [-0.05, 0) is 30.7 Å². The lowest BCUT2D eigenvalue weighted by Crippen LogP contribution is -2.10. The minimum Gasteiger partial charge on any atom is -0.462 e. The highest BCUT2D eigenvalue weighted by Gasteiger charge is 2.10. The molecule has 9 heteroatoms. The number of benzene rings is 1. The van der Waals surface area contributed by atoms with Crippen molar-refractivity contribution in [2.24, 2.45) is 5.10 Å². The highest BCUT2D eigenvalue weighted by molar-refractivity contribution is 5.91. The number of nitrogens with zero attached hydrogens (tertiary/aromatic N) is 4. The molecule has 0 spiro atoms. The van der Waals surface area contributed by atoms with Gasteiger partial charge in [0.25, 0.3) is 5.95 Å². The van der Waals surface area contributed by atoms with Crippen LogP contribution < -0.4 is 11.3 Å². The van der Waals surface area contributed by atoms with Crippen molar-refractivity contribution in [3.05, 3.63) is 54.0 Å². The maximum atomic E-state index is 12.1. The first-order chi connectivity index (χ1) is 13.2. The number of nitrogen functional groups attached to an aromatic ring is 1. The molecule has 0 amide bonds. The third-order valence-electron chi connectivity index (χ3n) is 3.67. The molecular weight excluding hydrogens is 348 g/mol. The van der Waals surface area contributed by atoms with Crippen LogP contribution in [0.25, 0.3) is 11.3 Å². The Kier molecular flexibility index (Phi) is 5.83. The lowest BCUT2D eigenvalue weighted by molar-refractivity contribution is 0.0500. The van der Waals surface area contributed by atoms with E-state index in [9.17, 15) is 4.79 Å². The summed E-state index contributed by atoms with van der Waals surface area (Å²) in [4.78, 5) is 12.1. The monoisotopic (exact) mass is 368 g/mol. The van der Waals surface area contributed by atoms with E-state index in [1.54, 1.807) is 30.3 Å². The van der Waals surface area contributed by atoms with Crippen molar-refractivity contribution in [1.29, 1.82) is 0 Å². The standard InChI is InChI=1S/C18H20N6O3/c1-2-3-9-26-17(25)14-6-4-5-13(10-14)16-8-7-15(27-16)11-20-22-18-23-21-12-24(18)19/h4-8,10-12H,2-3,9,19H2,1H3,(H,22,23). The van der Waals surface area contributed by atoms with E-state index in [0.29, 0.717) is 29.6 Å². The molecule has 0 aliphatic heterocycles. The van der Waals surface area contributed by atoms with Crippen molar-refractivity contribution >= 4 is 18.1 Å². The Hall–Kier alpha value is -3.62. The zero-order valence-electron chi connectivity index (χ0n) is 14.8. The molecule has 0 aliphatic rings. The van der Waals surface area contributed by atoms with Gasteiger partial charge < -0.3 is 15.0 Å². The maximum absolute atomic E-state index is 12.1. The van der Waals surface area contributed by atoms with Gasteiger partial charge in [-0.2, -0.15) is 5.10 Å². The summed E-state index contributed by atoms with van der Waals surface area (Å²) in [5.41, 5.74) is 3.91. The van der Waals surface area contributed by atoms with Crippen LogP contribution in [0.5, 0.6) is 0 Å². The number of furan rings is 1. The number of anilines is 1. The van der Waals surface area contributed by atoms with E-state index in [1.165, 1.54) is 17.2 Å². The smallest absolute Gasteiger partial charge is 0.338 e. The highest BCUT2D eigenvalue weighted by Crippen LogP contribution is 2.23. The van der Waals surface area contributed by atoms with E-state index >= 15 is 0 Å². The van der Waals surface area contributed by atoms with Crippen LogP contribution in [0.1, 0.15) is 35.9 Å². The summed E-state index contributed by atoms with van der Waals surface area (Å²) < 4.78 is 12.2. The highest BCUT2D eigenvalue weighted by atomic mass is 16.5. The number of unbranched alkanes of at least 4 members (excludes halogenated alkanes) is 1. The van der Waals surface area contributed by atoms with Gasteiger partial charge in [-0.3, -0.25) is 0 Å². The molecule has 0 saturated carbocycles. The summed E-state index contributed by atoms with van der Waals surface area (Å²) in [6, 6.07) is 10.7. The summed E-state index contributed by atoms with van der Waals surface area (Å²) in [6.07, 6.45) is 4.66. The normalized spacial score (nSPS) is 11.0. The minimum atomic E-state index is -0.339. The second-order valence-electron chi connectivity index (χ2n) is 5.70. The summed E-state index contributed by atoms with van der Waals surface area (Å²) in [5.74, 6) is 6.67. The van der Waals surface area contributed by atoms with Crippen LogP contribution in [0.15, 0.2) is 52.2 Å². The molecule has 0 bridgehead atoms. The van der Waals surface area contributed by atoms with E-state index in [1.807, 2.05) is 13.0 Å². The van der Waals surface area contributed by atoms with Crippen molar-refractivity contribution in [3.8, 4) is 11.3 Å². The molecule has 3 aromatic rings. The van der Waals surface area contributed by atoms with Crippen LogP contribution in [-0.4, -0.2) is 33.7 Å². The largest absolute Gasteiger partial charge is 0.462 e. The Morgan fingerprint density at radius 3 is 3.07 bits per heavy atom. The molecule has 0 fully saturated rings. The van der Waals surface area contributed by atoms with Crippen molar-refractivity contribution < 1.29 is 13.9 Å². The van der Waals surface area contributed by atoms with Crippen LogP contribution >= 0.6 is 0 Å². The number of aromatic nitrogens is 3. The lowest BCUT2D eigenvalue weighted by Gasteiger charge is -2.05. The van der Waals surface area contributed by atoms with E-state index in [0.717, 1.165) is 18.4 Å². The quantitative estimate of drug-likeness (QED) is 0.206. The average Bonchev–Trinajstić information content (AvgIpc) is 3.31. The fraction of sp³-hybridized carbons (Fsp3) is 0.222. The molecule has 9 nitrogen and oxygen atoms in total. The number of carbonyl (C=O) groups is 1. The first-order valence-corrected chi connectivity index (χ1v) is 8.49. The van der Waals surface area contributed by atoms with Crippen molar-refractivity contribution in [3.63, 3.8) is 0 Å². The SMILES string of the molecule is CCCCOC(=O)c1cccc(-c2ccc(C=NNc3nncn3N)o2)c1. The van der Waals surface area contributed by atoms with Gasteiger partial charge in [-0.25, -0.2) is 14.9 Å². The van der Waals surface area contributed by atoms with Crippen molar-refractivity contribution in [2.45, 2.75) is 19.8 Å². The number of nitrogens with two attached hydrogens (primary N) is 1. The fourth-order valence-electron chi connectivity index (χ4n) is 2.25. The molecule has 2 heterocycles. The third kappa shape index (κ3) is 4.72. The molecule has 1 aromatic carbocycles. The lowest BCUT2D eigenvalue weighted by atomic mass is 10.1. The number of ether oxygens (including phenoxy) is 1. The number of esters is 1. The van der Waals surface area contributed by atoms with Crippen molar-refractivity contribution in [1.82, 2.24) is 14.9 Å². The van der Waals surface area contributed by atoms with Gasteiger partial charge in [0.15, 0.2) is 0 Å². The molecule has 0 unspecified atom stereocenters. The summed E-state index contributed by atoms with van der Waals surface area (Å²) in [5, 5.41) is 11.4. The molecule has 3 rings (SSSR count). The van der Waals surface area contributed by atoms with Crippen LogP contribution in [-0.2, 0) is 4.74 Å². The van der Waals surface area contributed by atoms with Gasteiger partial charge in [-0.1, -0.05) is 25.5 Å². The van der Waals surface area contributed by atoms with Gasteiger partial charge in [0.05, 0.1) is 18.4 Å². The van der Waals surface area contributed by atoms with Gasteiger partial charge >= 0.3 is 5.97 Å². The summed E-state index contributed by atoms with van der Waals surface area (Å²) in [6.45, 7) is 2.47. The Bertz CT molecular complexity index is 931.